The van der Waals surface area contributed by atoms with E-state index in [9.17, 15) is 19.8 Å². The van der Waals surface area contributed by atoms with Crippen LogP contribution in [0.15, 0.2) is 48.6 Å². The Morgan fingerprint density at radius 1 is 0.341 bits per heavy atom. The van der Waals surface area contributed by atoms with Gasteiger partial charge in [0.2, 0.25) is 5.91 Å². The highest BCUT2D eigenvalue weighted by Crippen LogP contribution is 2.19. The molecule has 0 rings (SSSR count). The molecule has 0 aromatic rings. The van der Waals surface area contributed by atoms with Crippen molar-refractivity contribution in [3.8, 4) is 0 Å². The molecule has 82 heavy (non-hydrogen) atoms. The Morgan fingerprint density at radius 3 is 0.951 bits per heavy atom. The Morgan fingerprint density at radius 2 is 0.610 bits per heavy atom. The maximum absolute atomic E-state index is 12.5. The second kappa shape index (κ2) is 71.3. The van der Waals surface area contributed by atoms with Gasteiger partial charge in [0.15, 0.2) is 0 Å². The lowest BCUT2D eigenvalue weighted by molar-refractivity contribution is -0.143. The second-order valence-corrected chi connectivity index (χ2v) is 25.3. The van der Waals surface area contributed by atoms with Crippen LogP contribution in [0, 0.1) is 0 Å². The highest BCUT2D eigenvalue weighted by molar-refractivity contribution is 5.76. The van der Waals surface area contributed by atoms with Crippen LogP contribution in [-0.4, -0.2) is 47.4 Å². The summed E-state index contributed by atoms with van der Waals surface area (Å²) in [5.74, 6) is -0.0258. The lowest BCUT2D eigenvalue weighted by Crippen LogP contribution is -2.45. The standard InChI is InChI=1S/C76H143NO5/c1-3-5-7-9-11-13-15-17-41-46-50-54-58-62-66-70-76(81)82-71-67-63-59-55-51-47-43-40-38-36-34-32-30-28-26-24-22-20-18-19-21-23-25-27-29-31-33-35-37-39-42-45-49-53-57-61-65-69-75(80)77-73(72-78)74(79)68-64-60-56-52-48-44-16-14-12-10-8-6-4-2/h11,13,17-18,20,24,26,41,73-74,78-79H,3-10,12,14-16,19,21-23,25,27-40,42-72H2,1-2H3,(H,77,80)/b13-11-,20-18-,26-24-,41-17-. The van der Waals surface area contributed by atoms with Gasteiger partial charge in [-0.15, -0.1) is 0 Å². The molecule has 0 fully saturated rings. The van der Waals surface area contributed by atoms with Crippen LogP contribution >= 0.6 is 0 Å². The van der Waals surface area contributed by atoms with Crippen molar-refractivity contribution < 1.29 is 24.5 Å². The quantitative estimate of drug-likeness (QED) is 0.0320. The molecule has 1 amide bonds. The zero-order valence-electron chi connectivity index (χ0n) is 55.2. The summed E-state index contributed by atoms with van der Waals surface area (Å²) in [7, 11) is 0. The maximum Gasteiger partial charge on any atom is 0.305 e. The molecule has 0 saturated carbocycles. The number of esters is 1. The number of allylic oxidation sites excluding steroid dienone is 8. The zero-order valence-corrected chi connectivity index (χ0v) is 55.2. The fourth-order valence-corrected chi connectivity index (χ4v) is 11.5. The minimum Gasteiger partial charge on any atom is -0.466 e. The smallest absolute Gasteiger partial charge is 0.305 e. The molecule has 6 nitrogen and oxygen atoms in total. The van der Waals surface area contributed by atoms with Crippen LogP contribution in [0.3, 0.4) is 0 Å². The average Bonchev–Trinajstić information content (AvgIpc) is 3.48. The summed E-state index contributed by atoms with van der Waals surface area (Å²) in [6, 6.07) is -0.539. The zero-order chi connectivity index (χ0) is 59.2. The first-order chi connectivity index (χ1) is 40.5. The third-order valence-corrected chi connectivity index (χ3v) is 17.1. The average molecular weight is 1150 g/mol. The van der Waals surface area contributed by atoms with Crippen LogP contribution in [0.5, 0.6) is 0 Å². The van der Waals surface area contributed by atoms with Crippen molar-refractivity contribution in [2.45, 2.75) is 411 Å². The van der Waals surface area contributed by atoms with E-state index in [1.165, 1.54) is 308 Å². The molecule has 0 radical (unpaired) electrons. The van der Waals surface area contributed by atoms with Gasteiger partial charge in [0.05, 0.1) is 25.4 Å². The number of nitrogens with one attached hydrogen (secondary N) is 1. The van der Waals surface area contributed by atoms with Gasteiger partial charge in [-0.3, -0.25) is 9.59 Å². The van der Waals surface area contributed by atoms with Gasteiger partial charge in [0.25, 0.3) is 0 Å². The first kappa shape index (κ1) is 79.8. The molecule has 0 heterocycles. The van der Waals surface area contributed by atoms with E-state index in [0.29, 0.717) is 25.9 Å². The number of carbonyl (C=O) groups is 2. The van der Waals surface area contributed by atoms with E-state index in [0.717, 1.165) is 57.8 Å². The Bertz CT molecular complexity index is 1370. The van der Waals surface area contributed by atoms with E-state index in [-0.39, 0.29) is 18.5 Å². The second-order valence-electron chi connectivity index (χ2n) is 25.3. The van der Waals surface area contributed by atoms with Gasteiger partial charge < -0.3 is 20.3 Å². The summed E-state index contributed by atoms with van der Waals surface area (Å²) < 4.78 is 5.49. The Hall–Kier alpha value is -2.18. The Balaban J connectivity index is 3.35. The minimum absolute atomic E-state index is 0.00480. The van der Waals surface area contributed by atoms with Crippen molar-refractivity contribution in [3.63, 3.8) is 0 Å². The number of aliphatic hydroxyl groups is 2. The van der Waals surface area contributed by atoms with E-state index >= 15 is 0 Å². The van der Waals surface area contributed by atoms with E-state index in [1.54, 1.807) is 0 Å². The molecule has 2 unspecified atom stereocenters. The molecule has 0 saturated heterocycles. The first-order valence-electron chi connectivity index (χ1n) is 36.9. The summed E-state index contributed by atoms with van der Waals surface area (Å²) >= 11 is 0. The molecule has 2 atom stereocenters. The predicted octanol–water partition coefficient (Wildman–Crippen LogP) is 24.0. The molecule has 0 aromatic heterocycles. The fourth-order valence-electron chi connectivity index (χ4n) is 11.5. The summed E-state index contributed by atoms with van der Waals surface area (Å²) in [5, 5.41) is 23.3. The monoisotopic (exact) mass is 1150 g/mol. The number of hydrogen-bond acceptors (Lipinski definition) is 5. The number of amides is 1. The fraction of sp³-hybridized carbons (Fsp3) is 0.868. The van der Waals surface area contributed by atoms with Crippen LogP contribution in [0.2, 0.25) is 0 Å². The molecule has 0 aliphatic carbocycles. The van der Waals surface area contributed by atoms with Crippen LogP contribution < -0.4 is 5.32 Å². The Kier molecular flexibility index (Phi) is 69.4. The van der Waals surface area contributed by atoms with E-state index in [2.05, 4.69) is 67.8 Å². The number of rotatable bonds is 69. The van der Waals surface area contributed by atoms with Gasteiger partial charge in [-0.1, -0.05) is 345 Å². The number of carbonyl (C=O) groups excluding carboxylic acids is 2. The van der Waals surface area contributed by atoms with E-state index < -0.39 is 12.1 Å². The number of aliphatic hydroxyl groups excluding tert-OH is 2. The van der Waals surface area contributed by atoms with Gasteiger partial charge in [-0.2, -0.15) is 0 Å². The van der Waals surface area contributed by atoms with E-state index in [1.807, 2.05) is 0 Å². The molecule has 0 spiro atoms. The highest BCUT2D eigenvalue weighted by atomic mass is 16.5. The summed E-state index contributed by atoms with van der Waals surface area (Å²) in [5.41, 5.74) is 0. The third kappa shape index (κ3) is 67.0. The number of hydrogen-bond donors (Lipinski definition) is 3. The van der Waals surface area contributed by atoms with E-state index in [4.69, 9.17) is 4.74 Å². The van der Waals surface area contributed by atoms with Crippen LogP contribution in [0.25, 0.3) is 0 Å². The largest absolute Gasteiger partial charge is 0.466 e. The van der Waals surface area contributed by atoms with Crippen LogP contribution in [0.1, 0.15) is 399 Å². The van der Waals surface area contributed by atoms with Crippen LogP contribution in [-0.2, 0) is 14.3 Å². The topological polar surface area (TPSA) is 95.9 Å². The molecule has 0 bridgehead atoms. The predicted molar refractivity (Wildman–Crippen MR) is 361 cm³/mol. The van der Waals surface area contributed by atoms with Gasteiger partial charge in [-0.05, 0) is 89.9 Å². The Labute approximate surface area is 512 Å². The number of unbranched alkanes of at least 4 members (excludes halogenated alkanes) is 50. The van der Waals surface area contributed by atoms with Gasteiger partial charge in [-0.25, -0.2) is 0 Å². The molecule has 0 aliphatic heterocycles. The summed E-state index contributed by atoms with van der Waals surface area (Å²) in [4.78, 5) is 24.6. The highest BCUT2D eigenvalue weighted by Gasteiger charge is 2.20. The first-order valence-corrected chi connectivity index (χ1v) is 36.9. The third-order valence-electron chi connectivity index (χ3n) is 17.1. The maximum atomic E-state index is 12.5. The molecular formula is C76H143NO5. The van der Waals surface area contributed by atoms with Crippen molar-refractivity contribution in [1.29, 1.82) is 0 Å². The summed E-state index contributed by atoms with van der Waals surface area (Å²) in [6.07, 6.45) is 93.3. The van der Waals surface area contributed by atoms with Crippen molar-refractivity contribution >= 4 is 11.9 Å². The molecule has 0 aliphatic rings. The lowest BCUT2D eigenvalue weighted by Gasteiger charge is -2.22. The van der Waals surface area contributed by atoms with Crippen LogP contribution in [0.4, 0.5) is 0 Å². The molecule has 0 aromatic carbocycles. The molecular weight excluding hydrogens is 1010 g/mol. The minimum atomic E-state index is -0.662. The molecule has 3 N–H and O–H groups in total. The summed E-state index contributed by atoms with van der Waals surface area (Å²) in [6.45, 7) is 4.94. The molecule has 6 heteroatoms. The normalized spacial score (nSPS) is 12.8. The SMILES string of the molecule is CCCCC/C=C\C/C=C\CCCCCCCC(=O)OCCCCCCCCCCCCCCC/C=C\C/C=C\CCCCCCCCCCCCCCCCCCCC(=O)NC(CO)C(O)CCCCCCCCCCCCCCC. The van der Waals surface area contributed by atoms with Crippen molar-refractivity contribution in [1.82, 2.24) is 5.32 Å². The van der Waals surface area contributed by atoms with Crippen molar-refractivity contribution in [2.24, 2.45) is 0 Å². The van der Waals surface area contributed by atoms with Crippen molar-refractivity contribution in [2.75, 3.05) is 13.2 Å². The molecule has 482 valence electrons. The van der Waals surface area contributed by atoms with Crippen molar-refractivity contribution in [3.05, 3.63) is 48.6 Å². The van der Waals surface area contributed by atoms with Gasteiger partial charge in [0, 0.05) is 12.8 Å². The van der Waals surface area contributed by atoms with Gasteiger partial charge in [0.1, 0.15) is 0 Å². The lowest BCUT2D eigenvalue weighted by atomic mass is 10.0. The van der Waals surface area contributed by atoms with Gasteiger partial charge >= 0.3 is 5.97 Å². The number of ether oxygens (including phenoxy) is 1.